The van der Waals surface area contributed by atoms with Crippen LogP contribution in [0.15, 0.2) is 43.0 Å². The van der Waals surface area contributed by atoms with Crippen LogP contribution in [0, 0.1) is 0 Å². The fourth-order valence-corrected chi connectivity index (χ4v) is 2.23. The van der Waals surface area contributed by atoms with Crippen LogP contribution in [0.3, 0.4) is 0 Å². The molecule has 1 fully saturated rings. The number of likely N-dealkylation sites (tertiary alicyclic amines) is 1. The molecule has 1 aliphatic heterocycles. The quantitative estimate of drug-likeness (QED) is 0.850. The summed E-state index contributed by atoms with van der Waals surface area (Å²) in [6.07, 6.45) is 2.29. The summed E-state index contributed by atoms with van der Waals surface area (Å²) in [4.78, 5) is 13.6. The standard InChI is InChI=1S/C15H19NO3/c1-2-13-8-9-14(17)10-16(13)15(18)19-11-12-6-4-3-5-7-12/h2-7,13-14,17H,1,8-11H2. The van der Waals surface area contributed by atoms with Gasteiger partial charge in [0.1, 0.15) is 6.61 Å². The molecular weight excluding hydrogens is 242 g/mol. The van der Waals surface area contributed by atoms with Gasteiger partial charge in [-0.25, -0.2) is 4.79 Å². The number of hydrogen-bond acceptors (Lipinski definition) is 3. The van der Waals surface area contributed by atoms with Gasteiger partial charge in [-0.15, -0.1) is 6.58 Å². The number of aliphatic hydroxyl groups excluding tert-OH is 1. The van der Waals surface area contributed by atoms with Crippen LogP contribution < -0.4 is 0 Å². The normalized spacial score (nSPS) is 22.9. The van der Waals surface area contributed by atoms with Crippen molar-refractivity contribution in [2.45, 2.75) is 31.6 Å². The van der Waals surface area contributed by atoms with Crippen LogP contribution in [0.4, 0.5) is 4.79 Å². The van der Waals surface area contributed by atoms with Gasteiger partial charge in [-0.05, 0) is 18.4 Å². The van der Waals surface area contributed by atoms with E-state index in [-0.39, 0.29) is 12.6 Å². The fourth-order valence-electron chi connectivity index (χ4n) is 2.23. The molecule has 19 heavy (non-hydrogen) atoms. The Morgan fingerprint density at radius 3 is 2.84 bits per heavy atom. The van der Waals surface area contributed by atoms with E-state index in [9.17, 15) is 9.90 Å². The maximum absolute atomic E-state index is 12.0. The Morgan fingerprint density at radius 1 is 1.42 bits per heavy atom. The molecule has 0 saturated carbocycles. The molecule has 1 saturated heterocycles. The number of rotatable bonds is 3. The molecule has 1 aromatic carbocycles. The Balaban J connectivity index is 1.92. The lowest BCUT2D eigenvalue weighted by molar-refractivity contribution is 0.0311. The van der Waals surface area contributed by atoms with Gasteiger partial charge in [-0.1, -0.05) is 36.4 Å². The number of nitrogens with zero attached hydrogens (tertiary/aromatic N) is 1. The topological polar surface area (TPSA) is 49.8 Å². The van der Waals surface area contributed by atoms with E-state index in [1.54, 1.807) is 11.0 Å². The third-order valence-electron chi connectivity index (χ3n) is 3.32. The lowest BCUT2D eigenvalue weighted by Gasteiger charge is -2.35. The second-order valence-corrected chi connectivity index (χ2v) is 4.73. The molecule has 0 aliphatic carbocycles. The number of aliphatic hydroxyl groups is 1. The van der Waals surface area contributed by atoms with Crippen molar-refractivity contribution in [3.63, 3.8) is 0 Å². The Labute approximate surface area is 113 Å². The highest BCUT2D eigenvalue weighted by Crippen LogP contribution is 2.19. The first kappa shape index (κ1) is 13.6. The van der Waals surface area contributed by atoms with Gasteiger partial charge in [0.2, 0.25) is 0 Å². The number of ether oxygens (including phenoxy) is 1. The number of hydrogen-bond donors (Lipinski definition) is 1. The maximum Gasteiger partial charge on any atom is 0.410 e. The van der Waals surface area contributed by atoms with E-state index in [0.29, 0.717) is 13.0 Å². The van der Waals surface area contributed by atoms with E-state index in [1.165, 1.54) is 0 Å². The molecule has 4 nitrogen and oxygen atoms in total. The van der Waals surface area contributed by atoms with Crippen LogP contribution in [0.2, 0.25) is 0 Å². The lowest BCUT2D eigenvalue weighted by Crippen LogP contribution is -2.48. The Kier molecular flexibility index (Phi) is 4.58. The highest BCUT2D eigenvalue weighted by atomic mass is 16.6. The molecule has 1 heterocycles. The lowest BCUT2D eigenvalue weighted by atomic mass is 10.0. The minimum atomic E-state index is -0.472. The van der Waals surface area contributed by atoms with E-state index in [2.05, 4.69) is 6.58 Å². The molecular formula is C15H19NO3. The van der Waals surface area contributed by atoms with Crippen molar-refractivity contribution in [3.05, 3.63) is 48.6 Å². The Bertz CT molecular complexity index is 432. The number of amides is 1. The summed E-state index contributed by atoms with van der Waals surface area (Å²) in [6.45, 7) is 4.29. The van der Waals surface area contributed by atoms with Gasteiger partial charge in [-0.2, -0.15) is 0 Å². The molecule has 1 aromatic rings. The van der Waals surface area contributed by atoms with Gasteiger partial charge >= 0.3 is 6.09 Å². The molecule has 0 bridgehead atoms. The second kappa shape index (κ2) is 6.38. The summed E-state index contributed by atoms with van der Waals surface area (Å²) in [7, 11) is 0. The van der Waals surface area contributed by atoms with Crippen molar-refractivity contribution >= 4 is 6.09 Å². The summed E-state index contributed by atoms with van der Waals surface area (Å²) in [6, 6.07) is 9.49. The molecule has 2 atom stereocenters. The second-order valence-electron chi connectivity index (χ2n) is 4.73. The molecule has 102 valence electrons. The molecule has 0 aromatic heterocycles. The summed E-state index contributed by atoms with van der Waals surface area (Å²) in [5, 5.41) is 9.64. The van der Waals surface area contributed by atoms with Gasteiger partial charge in [0.25, 0.3) is 0 Å². The van der Waals surface area contributed by atoms with E-state index < -0.39 is 12.2 Å². The fraction of sp³-hybridized carbons (Fsp3) is 0.400. The van der Waals surface area contributed by atoms with Crippen LogP contribution in [-0.2, 0) is 11.3 Å². The molecule has 1 amide bonds. The summed E-state index contributed by atoms with van der Waals surface area (Å²) in [5.41, 5.74) is 0.948. The molecule has 2 rings (SSSR count). The molecule has 1 aliphatic rings. The largest absolute Gasteiger partial charge is 0.445 e. The van der Waals surface area contributed by atoms with Crippen molar-refractivity contribution in [2.24, 2.45) is 0 Å². The minimum absolute atomic E-state index is 0.0494. The van der Waals surface area contributed by atoms with E-state index in [1.807, 2.05) is 30.3 Å². The summed E-state index contributed by atoms with van der Waals surface area (Å²) in [5.74, 6) is 0. The molecule has 2 unspecified atom stereocenters. The van der Waals surface area contributed by atoms with Crippen LogP contribution in [-0.4, -0.2) is 34.8 Å². The zero-order valence-electron chi connectivity index (χ0n) is 10.9. The first-order valence-corrected chi connectivity index (χ1v) is 6.48. The number of β-amino-alcohol motifs (C(OH)–C–C–N with tert-alkyl or cyclic N) is 1. The van der Waals surface area contributed by atoms with Gasteiger partial charge in [0, 0.05) is 0 Å². The zero-order chi connectivity index (χ0) is 13.7. The average molecular weight is 261 g/mol. The Hall–Kier alpha value is -1.81. The van der Waals surface area contributed by atoms with Crippen molar-refractivity contribution < 1.29 is 14.6 Å². The van der Waals surface area contributed by atoms with Gasteiger partial charge in [-0.3, -0.25) is 4.90 Å². The average Bonchev–Trinajstić information content (AvgIpc) is 2.46. The number of piperidine rings is 1. The third-order valence-corrected chi connectivity index (χ3v) is 3.32. The highest BCUT2D eigenvalue weighted by Gasteiger charge is 2.29. The van der Waals surface area contributed by atoms with Crippen LogP contribution >= 0.6 is 0 Å². The first-order chi connectivity index (χ1) is 9.20. The van der Waals surface area contributed by atoms with Gasteiger partial charge in [0.05, 0.1) is 18.7 Å². The SMILES string of the molecule is C=CC1CCC(O)CN1C(=O)OCc1ccccc1. The van der Waals surface area contributed by atoms with Crippen LogP contribution in [0.5, 0.6) is 0 Å². The maximum atomic E-state index is 12.0. The van der Waals surface area contributed by atoms with Crippen LogP contribution in [0.25, 0.3) is 0 Å². The van der Waals surface area contributed by atoms with Crippen molar-refractivity contribution in [2.75, 3.05) is 6.54 Å². The molecule has 0 radical (unpaired) electrons. The highest BCUT2D eigenvalue weighted by molar-refractivity contribution is 5.68. The third kappa shape index (κ3) is 3.58. The number of carbonyl (C=O) groups excluding carboxylic acids is 1. The Morgan fingerprint density at radius 2 is 2.16 bits per heavy atom. The summed E-state index contributed by atoms with van der Waals surface area (Å²) >= 11 is 0. The van der Waals surface area contributed by atoms with Crippen molar-refractivity contribution in [1.82, 2.24) is 4.90 Å². The molecule has 1 N–H and O–H groups in total. The number of carbonyl (C=O) groups is 1. The van der Waals surface area contributed by atoms with E-state index >= 15 is 0 Å². The van der Waals surface area contributed by atoms with E-state index in [0.717, 1.165) is 12.0 Å². The van der Waals surface area contributed by atoms with Gasteiger partial charge < -0.3 is 9.84 Å². The van der Waals surface area contributed by atoms with Gasteiger partial charge in [0.15, 0.2) is 0 Å². The minimum Gasteiger partial charge on any atom is -0.445 e. The van der Waals surface area contributed by atoms with E-state index in [4.69, 9.17) is 4.74 Å². The molecule has 0 spiro atoms. The van der Waals surface area contributed by atoms with Crippen LogP contribution in [0.1, 0.15) is 18.4 Å². The van der Waals surface area contributed by atoms with Crippen molar-refractivity contribution in [3.8, 4) is 0 Å². The summed E-state index contributed by atoms with van der Waals surface area (Å²) < 4.78 is 5.28. The predicted octanol–water partition coefficient (Wildman–Crippen LogP) is 2.33. The monoisotopic (exact) mass is 261 g/mol. The first-order valence-electron chi connectivity index (χ1n) is 6.48. The molecule has 4 heteroatoms. The smallest absolute Gasteiger partial charge is 0.410 e. The number of benzene rings is 1. The van der Waals surface area contributed by atoms with Crippen molar-refractivity contribution in [1.29, 1.82) is 0 Å². The predicted molar refractivity (Wildman–Crippen MR) is 72.6 cm³/mol. The zero-order valence-corrected chi connectivity index (χ0v) is 10.9.